The molecule has 2 aromatic heterocycles. The number of aryl methyl sites for hydroxylation is 3. The van der Waals surface area contributed by atoms with Gasteiger partial charge in [-0.2, -0.15) is 0 Å². The minimum Gasteiger partial charge on any atom is -0.464 e. The number of rotatable bonds is 6. The smallest absolute Gasteiger partial charge is 0.417 e. The van der Waals surface area contributed by atoms with Gasteiger partial charge in [0.2, 0.25) is 0 Å². The van der Waals surface area contributed by atoms with E-state index in [1.807, 2.05) is 44.2 Å². The van der Waals surface area contributed by atoms with Crippen LogP contribution in [-0.2, 0) is 6.42 Å². The molecule has 0 aliphatic carbocycles. The Bertz CT molecular complexity index is 1410. The van der Waals surface area contributed by atoms with Gasteiger partial charge in [-0.15, -0.1) is 0 Å². The first-order valence-electron chi connectivity index (χ1n) is 11.6. The molecular weight excluding hydrogens is 418 g/mol. The van der Waals surface area contributed by atoms with Crippen molar-refractivity contribution in [2.45, 2.75) is 33.1 Å². The highest BCUT2D eigenvalue weighted by atomic mass is 16.4. The Balaban J connectivity index is 1.14. The number of benzene rings is 2. The van der Waals surface area contributed by atoms with Gasteiger partial charge in [0.25, 0.3) is 0 Å². The molecule has 1 aliphatic rings. The Hall–Kier alpha value is -3.32. The first-order valence-corrected chi connectivity index (χ1v) is 11.6. The van der Waals surface area contributed by atoms with Gasteiger partial charge in [0.05, 0.1) is 22.9 Å². The molecule has 0 amide bonds. The van der Waals surface area contributed by atoms with E-state index in [0.29, 0.717) is 16.6 Å². The number of unbranched alkanes of at least 4 members (excludes halogenated alkanes) is 1. The van der Waals surface area contributed by atoms with Gasteiger partial charge in [-0.05, 0) is 75.0 Å². The van der Waals surface area contributed by atoms with Crippen LogP contribution in [-0.4, -0.2) is 42.6 Å². The summed E-state index contributed by atoms with van der Waals surface area (Å²) in [6.45, 7) is 8.76. The first-order chi connectivity index (χ1) is 16.0. The molecule has 1 saturated heterocycles. The molecule has 7 nitrogen and oxygen atoms in total. The number of H-pyrrole nitrogens is 1. The zero-order chi connectivity index (χ0) is 22.9. The summed E-state index contributed by atoms with van der Waals surface area (Å²) in [5.41, 5.74) is 6.11. The third-order valence-corrected chi connectivity index (χ3v) is 6.77. The van der Waals surface area contributed by atoms with Gasteiger partial charge >= 0.3 is 5.76 Å². The summed E-state index contributed by atoms with van der Waals surface area (Å²) in [6.07, 6.45) is 4.36. The van der Waals surface area contributed by atoms with Crippen LogP contribution in [0.1, 0.15) is 29.5 Å². The lowest BCUT2D eigenvalue weighted by Crippen LogP contribution is -2.46. The number of fused-ring (bicyclic) bond motifs is 2. The fourth-order valence-corrected chi connectivity index (χ4v) is 4.67. The van der Waals surface area contributed by atoms with Gasteiger partial charge in [-0.1, -0.05) is 6.07 Å². The van der Waals surface area contributed by atoms with Crippen LogP contribution < -0.4 is 16.1 Å². The van der Waals surface area contributed by atoms with Crippen molar-refractivity contribution in [3.63, 3.8) is 0 Å². The van der Waals surface area contributed by atoms with E-state index < -0.39 is 5.76 Å². The second-order valence-corrected chi connectivity index (χ2v) is 8.98. The lowest BCUT2D eigenvalue weighted by Gasteiger charge is -2.36. The normalized spacial score (nSPS) is 15.0. The zero-order valence-corrected chi connectivity index (χ0v) is 19.1. The first kappa shape index (κ1) is 21.5. The quantitative estimate of drug-likeness (QED) is 0.450. The predicted molar refractivity (Wildman–Crippen MR) is 130 cm³/mol. The molecule has 33 heavy (non-hydrogen) atoms. The van der Waals surface area contributed by atoms with Crippen molar-refractivity contribution in [3.05, 3.63) is 74.1 Å². The van der Waals surface area contributed by atoms with Gasteiger partial charge in [0, 0.05) is 31.7 Å². The molecule has 1 N–H and O–H groups in total. The van der Waals surface area contributed by atoms with E-state index in [9.17, 15) is 9.59 Å². The second-order valence-electron chi connectivity index (χ2n) is 8.98. The monoisotopic (exact) mass is 447 g/mol. The zero-order valence-electron chi connectivity index (χ0n) is 19.1. The Morgan fingerprint density at radius 1 is 1.00 bits per heavy atom. The molecule has 0 spiro atoms. The molecule has 5 rings (SSSR count). The summed E-state index contributed by atoms with van der Waals surface area (Å²) in [5, 5.41) is 0.681. The highest BCUT2D eigenvalue weighted by Crippen LogP contribution is 2.26. The van der Waals surface area contributed by atoms with Crippen molar-refractivity contribution in [2.24, 2.45) is 0 Å². The molecule has 1 fully saturated rings. The summed E-state index contributed by atoms with van der Waals surface area (Å²) in [7, 11) is 0. The summed E-state index contributed by atoms with van der Waals surface area (Å²) >= 11 is 0. The maximum absolute atomic E-state index is 12.8. The molecule has 4 aromatic rings. The summed E-state index contributed by atoms with van der Waals surface area (Å²) < 4.78 is 11.1. The Labute approximate surface area is 191 Å². The highest BCUT2D eigenvalue weighted by Gasteiger charge is 2.20. The number of piperazine rings is 1. The Morgan fingerprint density at radius 2 is 1.79 bits per heavy atom. The van der Waals surface area contributed by atoms with Crippen molar-refractivity contribution in [1.82, 2.24) is 9.88 Å². The van der Waals surface area contributed by atoms with E-state index in [2.05, 4.69) is 14.8 Å². The number of para-hydroxylation sites is 1. The number of nitrogens with one attached hydrogen (secondary N) is 1. The molecule has 7 heteroatoms. The van der Waals surface area contributed by atoms with Gasteiger partial charge in [-0.25, -0.2) is 4.79 Å². The maximum Gasteiger partial charge on any atom is 0.417 e. The summed E-state index contributed by atoms with van der Waals surface area (Å²) in [5.74, 6) is -0.415. The predicted octanol–water partition coefficient (Wildman–Crippen LogP) is 3.99. The van der Waals surface area contributed by atoms with Gasteiger partial charge in [0.1, 0.15) is 5.58 Å². The van der Waals surface area contributed by atoms with Crippen LogP contribution in [0.3, 0.4) is 0 Å². The molecule has 1 aliphatic heterocycles. The molecule has 0 atom stereocenters. The standard InChI is InChI=1S/C26H29N3O4/c1-17-14-20-23(15-18(17)2)32-16-19(24(20)30)6-3-4-9-28-10-12-29(13-11-28)22-8-5-7-21-25(22)33-26(31)27-21/h5,7-8,14-16H,3-4,6,9-13H2,1-2H3,(H,27,31). The summed E-state index contributed by atoms with van der Waals surface area (Å²) in [6, 6.07) is 9.70. The van der Waals surface area contributed by atoms with Crippen molar-refractivity contribution in [1.29, 1.82) is 0 Å². The number of aromatic nitrogens is 1. The molecule has 0 bridgehead atoms. The average molecular weight is 448 g/mol. The SMILES string of the molecule is Cc1cc2occ(CCCCN3CCN(c4cccc5[nH]c(=O)oc45)CC3)c(=O)c2cc1C. The molecule has 3 heterocycles. The largest absolute Gasteiger partial charge is 0.464 e. The number of hydrogen-bond donors (Lipinski definition) is 1. The lowest BCUT2D eigenvalue weighted by atomic mass is 10.0. The van der Waals surface area contributed by atoms with Gasteiger partial charge in [0.15, 0.2) is 11.0 Å². The lowest BCUT2D eigenvalue weighted by molar-refractivity contribution is 0.253. The number of nitrogens with zero attached hydrogens (tertiary/aromatic N) is 2. The van der Waals surface area contributed by atoms with Crippen LogP contribution in [0.4, 0.5) is 5.69 Å². The fraction of sp³-hybridized carbons (Fsp3) is 0.385. The molecule has 0 saturated carbocycles. The molecule has 0 radical (unpaired) electrons. The maximum atomic E-state index is 12.8. The van der Waals surface area contributed by atoms with Crippen LogP contribution in [0.15, 0.2) is 55.0 Å². The van der Waals surface area contributed by atoms with E-state index in [1.54, 1.807) is 6.26 Å². The third kappa shape index (κ3) is 4.33. The van der Waals surface area contributed by atoms with E-state index in [0.717, 1.165) is 79.9 Å². The number of oxazole rings is 1. The topological polar surface area (TPSA) is 82.7 Å². The summed E-state index contributed by atoms with van der Waals surface area (Å²) in [4.78, 5) is 31.9. The minimum atomic E-state index is -0.415. The van der Waals surface area contributed by atoms with E-state index in [-0.39, 0.29) is 5.43 Å². The highest BCUT2D eigenvalue weighted by molar-refractivity contribution is 5.86. The molecule has 2 aromatic carbocycles. The van der Waals surface area contributed by atoms with E-state index in [4.69, 9.17) is 8.83 Å². The second kappa shape index (κ2) is 8.90. The number of hydrogen-bond acceptors (Lipinski definition) is 6. The van der Waals surface area contributed by atoms with Crippen LogP contribution in [0, 0.1) is 13.8 Å². The third-order valence-electron chi connectivity index (χ3n) is 6.77. The molecule has 0 unspecified atom stereocenters. The average Bonchev–Trinajstić information content (AvgIpc) is 3.20. The number of aromatic amines is 1. The van der Waals surface area contributed by atoms with Crippen LogP contribution >= 0.6 is 0 Å². The Morgan fingerprint density at radius 3 is 2.61 bits per heavy atom. The van der Waals surface area contributed by atoms with E-state index in [1.165, 1.54) is 0 Å². The molecule has 172 valence electrons. The van der Waals surface area contributed by atoms with Crippen molar-refractivity contribution >= 4 is 27.8 Å². The number of anilines is 1. The van der Waals surface area contributed by atoms with Crippen LogP contribution in [0.2, 0.25) is 0 Å². The van der Waals surface area contributed by atoms with Crippen LogP contribution in [0.25, 0.3) is 22.1 Å². The van der Waals surface area contributed by atoms with Crippen molar-refractivity contribution < 1.29 is 8.83 Å². The Kier molecular flexibility index (Phi) is 5.81. The molecular formula is C26H29N3O4. The van der Waals surface area contributed by atoms with Gasteiger partial charge < -0.3 is 13.7 Å². The van der Waals surface area contributed by atoms with E-state index >= 15 is 0 Å². The van der Waals surface area contributed by atoms with Crippen molar-refractivity contribution in [2.75, 3.05) is 37.6 Å². The van der Waals surface area contributed by atoms with Gasteiger partial charge in [-0.3, -0.25) is 14.7 Å². The van der Waals surface area contributed by atoms with Crippen molar-refractivity contribution in [3.8, 4) is 0 Å². The fourth-order valence-electron chi connectivity index (χ4n) is 4.67. The minimum absolute atomic E-state index is 0.0959. The van der Waals surface area contributed by atoms with Crippen LogP contribution in [0.5, 0.6) is 0 Å².